The number of nitrogens with zero attached hydrogens (tertiary/aromatic N) is 6. The van der Waals surface area contributed by atoms with Gasteiger partial charge in [0.2, 0.25) is 11.8 Å². The second-order valence-electron chi connectivity index (χ2n) is 9.63. The maximum atomic E-state index is 9.28. The average Bonchev–Trinajstić information content (AvgIpc) is 3.62. The van der Waals surface area contributed by atoms with E-state index in [1.54, 1.807) is 0 Å². The Hall–Kier alpha value is -5.07. The van der Waals surface area contributed by atoms with Gasteiger partial charge in [0.1, 0.15) is 16.1 Å². The number of rotatable bonds is 7. The lowest BCUT2D eigenvalue weighted by Gasteiger charge is -2.13. The summed E-state index contributed by atoms with van der Waals surface area (Å²) < 4.78 is 9.01. The van der Waals surface area contributed by atoms with Gasteiger partial charge in [-0.3, -0.25) is 0 Å². The zero-order valence-corrected chi connectivity index (χ0v) is 23.0. The van der Waals surface area contributed by atoms with Crippen molar-refractivity contribution in [1.29, 1.82) is 5.26 Å². The zero-order chi connectivity index (χ0) is 27.6. The molecule has 8 nitrogen and oxygen atoms in total. The molecule has 0 spiro atoms. The third-order valence-electron chi connectivity index (χ3n) is 6.50. The predicted octanol–water partition coefficient (Wildman–Crippen LogP) is 7.33. The molecule has 0 unspecified atom stereocenters. The number of aryl methyl sites for hydroxylation is 3. The third-order valence-corrected chi connectivity index (χ3v) is 7.39. The second kappa shape index (κ2) is 10.6. The molecule has 0 aliphatic carbocycles. The Labute approximate surface area is 235 Å². The summed E-state index contributed by atoms with van der Waals surface area (Å²) in [6.45, 7) is 6.60. The van der Waals surface area contributed by atoms with Crippen molar-refractivity contribution in [1.82, 2.24) is 25.0 Å². The summed E-state index contributed by atoms with van der Waals surface area (Å²) in [4.78, 5) is 9.37. The molecule has 3 aromatic carbocycles. The van der Waals surface area contributed by atoms with Gasteiger partial charge in [-0.05, 0) is 73.2 Å². The summed E-state index contributed by atoms with van der Waals surface area (Å²) >= 11 is 1.53. The Balaban J connectivity index is 1.21. The van der Waals surface area contributed by atoms with Crippen molar-refractivity contribution in [3.05, 3.63) is 106 Å². The highest BCUT2D eigenvalue weighted by molar-refractivity contribution is 7.17. The maximum Gasteiger partial charge on any atom is 0.242 e. The van der Waals surface area contributed by atoms with Crippen molar-refractivity contribution in [2.45, 2.75) is 27.3 Å². The molecule has 0 amide bonds. The summed E-state index contributed by atoms with van der Waals surface area (Å²) in [6, 6.07) is 24.1. The van der Waals surface area contributed by atoms with E-state index in [0.29, 0.717) is 29.7 Å². The number of nitriles is 1. The number of hydrogen-bond donors (Lipinski definition) is 1. The SMILES string of the molecule is Cc1ccc(Cn2cc(-c3ccc(Nc4nc(Oc5c(C)cc(C#N)cc5C)c5sccc5n4)cc3)nn2)cc1. The molecule has 9 heteroatoms. The van der Waals surface area contributed by atoms with Gasteiger partial charge >= 0.3 is 0 Å². The molecular formula is C31H25N7OS. The minimum Gasteiger partial charge on any atom is -0.437 e. The Morgan fingerprint density at radius 2 is 1.70 bits per heavy atom. The summed E-state index contributed by atoms with van der Waals surface area (Å²) in [5, 5.41) is 23.2. The van der Waals surface area contributed by atoms with Crippen molar-refractivity contribution in [2.24, 2.45) is 0 Å². The predicted molar refractivity (Wildman–Crippen MR) is 157 cm³/mol. The molecule has 3 heterocycles. The number of thiophene rings is 1. The average molecular weight is 544 g/mol. The molecule has 0 atom stereocenters. The molecule has 0 saturated heterocycles. The van der Waals surface area contributed by atoms with Crippen LogP contribution in [-0.2, 0) is 6.54 Å². The van der Waals surface area contributed by atoms with Gasteiger partial charge in [-0.25, -0.2) is 9.67 Å². The quantitative estimate of drug-likeness (QED) is 0.225. The molecule has 6 rings (SSSR count). The molecule has 0 aliphatic rings. The molecule has 0 saturated carbocycles. The summed E-state index contributed by atoms with van der Waals surface area (Å²) in [5.74, 6) is 1.60. The van der Waals surface area contributed by atoms with E-state index in [1.807, 2.05) is 72.6 Å². The van der Waals surface area contributed by atoms with E-state index in [0.717, 1.165) is 38.3 Å². The Morgan fingerprint density at radius 3 is 2.42 bits per heavy atom. The number of benzene rings is 3. The van der Waals surface area contributed by atoms with Crippen LogP contribution in [-0.4, -0.2) is 25.0 Å². The first-order valence-electron chi connectivity index (χ1n) is 12.7. The lowest BCUT2D eigenvalue weighted by Crippen LogP contribution is -2.00. The van der Waals surface area contributed by atoms with Gasteiger partial charge in [-0.2, -0.15) is 10.2 Å². The summed E-state index contributed by atoms with van der Waals surface area (Å²) in [5.41, 5.74) is 8.16. The Morgan fingerprint density at radius 1 is 0.950 bits per heavy atom. The molecule has 3 aromatic heterocycles. The van der Waals surface area contributed by atoms with Gasteiger partial charge in [0.25, 0.3) is 0 Å². The van der Waals surface area contributed by atoms with Crippen LogP contribution >= 0.6 is 11.3 Å². The number of fused-ring (bicyclic) bond motifs is 1. The van der Waals surface area contributed by atoms with E-state index in [1.165, 1.54) is 22.5 Å². The highest BCUT2D eigenvalue weighted by Gasteiger charge is 2.15. The van der Waals surface area contributed by atoms with Crippen LogP contribution < -0.4 is 10.1 Å². The van der Waals surface area contributed by atoms with Gasteiger partial charge in [0.15, 0.2) is 0 Å². The van der Waals surface area contributed by atoms with Crippen LogP contribution in [0.3, 0.4) is 0 Å². The molecule has 1 N–H and O–H groups in total. The lowest BCUT2D eigenvalue weighted by molar-refractivity contribution is 0.463. The van der Waals surface area contributed by atoms with Gasteiger partial charge < -0.3 is 10.1 Å². The van der Waals surface area contributed by atoms with Crippen LogP contribution in [0.4, 0.5) is 11.6 Å². The molecule has 196 valence electrons. The first-order chi connectivity index (χ1) is 19.4. The fraction of sp³-hybridized carbons (Fsp3) is 0.129. The number of aromatic nitrogens is 5. The van der Waals surface area contributed by atoms with Crippen LogP contribution in [0.2, 0.25) is 0 Å². The summed E-state index contributed by atoms with van der Waals surface area (Å²) in [7, 11) is 0. The monoisotopic (exact) mass is 543 g/mol. The standard InChI is InChI=1S/C31H25N7OS/c1-19-4-6-22(7-5-19)17-38-18-27(36-37-38)24-8-10-25(11-9-24)33-31-34-26-12-13-40-29(26)30(35-31)39-28-20(2)14-23(16-32)15-21(28)3/h4-15,18H,17H2,1-3H3,(H,33,34,35). The van der Waals surface area contributed by atoms with E-state index in [-0.39, 0.29) is 0 Å². The van der Waals surface area contributed by atoms with Crippen molar-refractivity contribution < 1.29 is 4.74 Å². The molecule has 0 aliphatic heterocycles. The topological polar surface area (TPSA) is 102 Å². The highest BCUT2D eigenvalue weighted by atomic mass is 32.1. The maximum absolute atomic E-state index is 9.28. The van der Waals surface area contributed by atoms with E-state index >= 15 is 0 Å². The molecule has 0 fully saturated rings. The lowest BCUT2D eigenvalue weighted by atomic mass is 10.1. The van der Waals surface area contributed by atoms with Crippen LogP contribution in [0.25, 0.3) is 21.5 Å². The fourth-order valence-corrected chi connectivity index (χ4v) is 5.23. The van der Waals surface area contributed by atoms with E-state index in [4.69, 9.17) is 9.72 Å². The number of hydrogen-bond acceptors (Lipinski definition) is 8. The zero-order valence-electron chi connectivity index (χ0n) is 22.2. The first-order valence-corrected chi connectivity index (χ1v) is 13.6. The number of nitrogens with one attached hydrogen (secondary N) is 1. The summed E-state index contributed by atoms with van der Waals surface area (Å²) in [6.07, 6.45) is 1.95. The molecule has 0 radical (unpaired) electrons. The van der Waals surface area contributed by atoms with Gasteiger partial charge in [-0.1, -0.05) is 47.2 Å². The smallest absolute Gasteiger partial charge is 0.242 e. The van der Waals surface area contributed by atoms with Crippen LogP contribution in [0.15, 0.2) is 78.3 Å². The number of ether oxygens (including phenoxy) is 1. The van der Waals surface area contributed by atoms with E-state index < -0.39 is 0 Å². The van der Waals surface area contributed by atoms with Crippen molar-refractivity contribution in [3.63, 3.8) is 0 Å². The second-order valence-corrected chi connectivity index (χ2v) is 10.5. The highest BCUT2D eigenvalue weighted by Crippen LogP contribution is 2.36. The van der Waals surface area contributed by atoms with Crippen LogP contribution in [0.5, 0.6) is 11.6 Å². The molecular weight excluding hydrogens is 518 g/mol. The first kappa shape index (κ1) is 25.2. The van der Waals surface area contributed by atoms with Crippen molar-refractivity contribution >= 4 is 33.2 Å². The van der Waals surface area contributed by atoms with Crippen molar-refractivity contribution in [2.75, 3.05) is 5.32 Å². The Bertz CT molecular complexity index is 1840. The molecule has 6 aromatic rings. The fourth-order valence-electron chi connectivity index (χ4n) is 4.48. The van der Waals surface area contributed by atoms with Gasteiger partial charge in [-0.15, -0.1) is 16.4 Å². The van der Waals surface area contributed by atoms with Crippen LogP contribution in [0.1, 0.15) is 27.8 Å². The van der Waals surface area contributed by atoms with E-state index in [9.17, 15) is 5.26 Å². The van der Waals surface area contributed by atoms with Gasteiger partial charge in [0.05, 0.1) is 29.9 Å². The molecule has 0 bridgehead atoms. The normalized spacial score (nSPS) is 10.9. The van der Waals surface area contributed by atoms with Crippen molar-refractivity contribution in [3.8, 4) is 29.0 Å². The van der Waals surface area contributed by atoms with E-state index in [2.05, 4.69) is 57.9 Å². The number of anilines is 2. The van der Waals surface area contributed by atoms with Gasteiger partial charge in [0, 0.05) is 11.3 Å². The third kappa shape index (κ3) is 5.25. The minimum absolute atomic E-state index is 0.432. The Kier molecular flexibility index (Phi) is 6.68. The molecule has 40 heavy (non-hydrogen) atoms. The van der Waals surface area contributed by atoms with Crippen LogP contribution in [0, 0.1) is 32.1 Å². The minimum atomic E-state index is 0.432. The largest absolute Gasteiger partial charge is 0.437 e.